The van der Waals surface area contributed by atoms with E-state index in [1.807, 2.05) is 0 Å². The molecule has 0 unspecified atom stereocenters. The highest BCUT2D eigenvalue weighted by Gasteiger charge is 2.23. The van der Waals surface area contributed by atoms with Gasteiger partial charge in [0.1, 0.15) is 10.7 Å². The molecule has 1 rings (SSSR count). The molecule has 0 saturated carbocycles. The lowest BCUT2D eigenvalue weighted by Gasteiger charge is -2.25. The quantitative estimate of drug-likeness (QED) is 0.835. The minimum absolute atomic E-state index is 0.0284. The Kier molecular flexibility index (Phi) is 5.31. The van der Waals surface area contributed by atoms with Crippen molar-refractivity contribution in [2.45, 2.75) is 32.6 Å². The second-order valence-corrected chi connectivity index (χ2v) is 7.13. The number of anilines is 1. The van der Waals surface area contributed by atoms with Crippen LogP contribution >= 0.6 is 0 Å². The van der Waals surface area contributed by atoms with Crippen molar-refractivity contribution in [1.82, 2.24) is 9.71 Å². The molecule has 0 bridgehead atoms. The van der Waals surface area contributed by atoms with Crippen molar-refractivity contribution < 1.29 is 8.42 Å². The average Bonchev–Trinajstić information content (AvgIpc) is 2.28. The number of hydrogen-bond acceptors (Lipinski definition) is 4. The lowest BCUT2D eigenvalue weighted by molar-refractivity contribution is 0.289. The van der Waals surface area contributed by atoms with E-state index in [1.165, 1.54) is 12.3 Å². The molecule has 108 valence electrons. The van der Waals surface area contributed by atoms with Crippen LogP contribution in [0.25, 0.3) is 0 Å². The maximum Gasteiger partial charge on any atom is 0.244 e. The summed E-state index contributed by atoms with van der Waals surface area (Å²) in [5, 5.41) is 0. The molecule has 0 aliphatic carbocycles. The molecule has 0 radical (unpaired) electrons. The molecule has 0 amide bonds. The van der Waals surface area contributed by atoms with E-state index in [1.54, 1.807) is 6.07 Å². The third-order valence-corrected chi connectivity index (χ3v) is 4.78. The summed E-state index contributed by atoms with van der Waals surface area (Å²) in [7, 11) is -3.59. The summed E-state index contributed by atoms with van der Waals surface area (Å²) in [5.41, 5.74) is 5.60. The number of rotatable bonds is 6. The summed E-state index contributed by atoms with van der Waals surface area (Å²) in [6.45, 7) is 8.79. The lowest BCUT2D eigenvalue weighted by atomic mass is 9.86. The van der Waals surface area contributed by atoms with E-state index >= 15 is 0 Å². The van der Waals surface area contributed by atoms with Gasteiger partial charge in [-0.25, -0.2) is 18.1 Å². The summed E-state index contributed by atoms with van der Waals surface area (Å²) in [6.07, 6.45) is 1.47. The smallest absolute Gasteiger partial charge is 0.244 e. The normalized spacial score (nSPS) is 12.6. The van der Waals surface area contributed by atoms with Gasteiger partial charge in [0.2, 0.25) is 10.0 Å². The van der Waals surface area contributed by atoms with E-state index in [-0.39, 0.29) is 16.6 Å². The first kappa shape index (κ1) is 15.9. The number of nitrogens with zero attached hydrogens (tertiary/aromatic N) is 1. The zero-order valence-electron chi connectivity index (χ0n) is 11.9. The molecule has 1 aromatic rings. The van der Waals surface area contributed by atoms with Crippen LogP contribution in [0.15, 0.2) is 23.2 Å². The van der Waals surface area contributed by atoms with Crippen LogP contribution in [0.3, 0.4) is 0 Å². The first-order valence-electron chi connectivity index (χ1n) is 6.46. The fraction of sp³-hybridized carbons (Fsp3) is 0.615. The summed E-state index contributed by atoms with van der Waals surface area (Å²) in [6, 6.07) is 3.03. The Labute approximate surface area is 115 Å². The zero-order valence-corrected chi connectivity index (χ0v) is 12.7. The van der Waals surface area contributed by atoms with Gasteiger partial charge in [0.05, 0.1) is 0 Å². The fourth-order valence-electron chi connectivity index (χ4n) is 2.15. The van der Waals surface area contributed by atoms with E-state index in [0.717, 1.165) is 0 Å². The van der Waals surface area contributed by atoms with Crippen molar-refractivity contribution in [3.05, 3.63) is 18.3 Å². The number of hydrogen-bond donors (Lipinski definition) is 2. The van der Waals surface area contributed by atoms with Crippen molar-refractivity contribution >= 4 is 15.8 Å². The molecular formula is C13H23N3O2S. The van der Waals surface area contributed by atoms with Gasteiger partial charge in [-0.2, -0.15) is 0 Å². The first-order chi connectivity index (χ1) is 8.75. The van der Waals surface area contributed by atoms with Crippen LogP contribution in [0.1, 0.15) is 27.7 Å². The van der Waals surface area contributed by atoms with Gasteiger partial charge in [0.25, 0.3) is 0 Å². The molecule has 0 spiro atoms. The summed E-state index contributed by atoms with van der Waals surface area (Å²) < 4.78 is 27.0. The molecule has 1 heterocycles. The average molecular weight is 285 g/mol. The molecule has 0 atom stereocenters. The Morgan fingerprint density at radius 3 is 2.32 bits per heavy atom. The third-order valence-electron chi connectivity index (χ3n) is 3.31. The van der Waals surface area contributed by atoms with E-state index in [0.29, 0.717) is 18.4 Å². The maximum atomic E-state index is 12.2. The van der Waals surface area contributed by atoms with Crippen molar-refractivity contribution in [2.75, 3.05) is 12.3 Å². The number of nitrogens with one attached hydrogen (secondary N) is 1. The van der Waals surface area contributed by atoms with Gasteiger partial charge in [-0.05, 0) is 29.9 Å². The van der Waals surface area contributed by atoms with Gasteiger partial charge in [-0.3, -0.25) is 0 Å². The van der Waals surface area contributed by atoms with Crippen molar-refractivity contribution in [1.29, 1.82) is 0 Å². The summed E-state index contributed by atoms with van der Waals surface area (Å²) >= 11 is 0. The molecule has 1 aromatic heterocycles. The zero-order chi connectivity index (χ0) is 14.6. The number of nitrogens with two attached hydrogens (primary N) is 1. The molecular weight excluding hydrogens is 262 g/mol. The van der Waals surface area contributed by atoms with Crippen LogP contribution in [-0.4, -0.2) is 19.9 Å². The van der Waals surface area contributed by atoms with Gasteiger partial charge in [-0.15, -0.1) is 0 Å². The van der Waals surface area contributed by atoms with Gasteiger partial charge < -0.3 is 5.73 Å². The Morgan fingerprint density at radius 1 is 1.26 bits per heavy atom. The predicted octanol–water partition coefficient (Wildman–Crippen LogP) is 1.87. The topological polar surface area (TPSA) is 85.1 Å². The van der Waals surface area contributed by atoms with Crippen LogP contribution in [-0.2, 0) is 10.0 Å². The van der Waals surface area contributed by atoms with Crippen LogP contribution < -0.4 is 10.5 Å². The Hall–Kier alpha value is -1.14. The minimum atomic E-state index is -3.59. The second kappa shape index (κ2) is 6.34. The van der Waals surface area contributed by atoms with E-state index < -0.39 is 10.0 Å². The van der Waals surface area contributed by atoms with Crippen molar-refractivity contribution in [3.63, 3.8) is 0 Å². The molecule has 0 aromatic carbocycles. The highest BCUT2D eigenvalue weighted by molar-refractivity contribution is 7.89. The predicted molar refractivity (Wildman–Crippen MR) is 77.0 cm³/mol. The van der Waals surface area contributed by atoms with Gasteiger partial charge in [0, 0.05) is 12.7 Å². The Morgan fingerprint density at radius 2 is 1.84 bits per heavy atom. The second-order valence-electron chi connectivity index (χ2n) is 5.39. The Balaban J connectivity index is 2.84. The molecule has 3 N–H and O–H groups in total. The number of sulfonamides is 1. The van der Waals surface area contributed by atoms with E-state index in [9.17, 15) is 8.42 Å². The summed E-state index contributed by atoms with van der Waals surface area (Å²) in [5.74, 6) is 1.14. The first-order valence-corrected chi connectivity index (χ1v) is 7.94. The van der Waals surface area contributed by atoms with Crippen LogP contribution in [0.2, 0.25) is 0 Å². The summed E-state index contributed by atoms with van der Waals surface area (Å²) in [4.78, 5) is 3.84. The molecule has 0 saturated heterocycles. The highest BCUT2D eigenvalue weighted by atomic mass is 32.2. The van der Waals surface area contributed by atoms with Crippen LogP contribution in [0, 0.1) is 17.8 Å². The van der Waals surface area contributed by atoms with E-state index in [4.69, 9.17) is 5.73 Å². The van der Waals surface area contributed by atoms with Crippen molar-refractivity contribution in [2.24, 2.45) is 17.8 Å². The molecule has 0 fully saturated rings. The van der Waals surface area contributed by atoms with Crippen LogP contribution in [0.4, 0.5) is 5.82 Å². The maximum absolute atomic E-state index is 12.2. The number of pyridine rings is 1. The molecule has 5 nitrogen and oxygen atoms in total. The van der Waals surface area contributed by atoms with Crippen LogP contribution in [0.5, 0.6) is 0 Å². The minimum Gasteiger partial charge on any atom is -0.383 e. The standard InChI is InChI=1S/C13H23N3O2S/c1-9(2)11(10(3)4)8-16-19(17,18)12-6-5-7-15-13(12)14/h5-7,9-11,16H,8H2,1-4H3,(H2,14,15). The van der Waals surface area contributed by atoms with Crippen molar-refractivity contribution in [3.8, 4) is 0 Å². The van der Waals surface area contributed by atoms with E-state index in [2.05, 4.69) is 37.4 Å². The third kappa shape index (κ3) is 4.18. The number of nitrogen functional groups attached to an aromatic ring is 1. The van der Waals surface area contributed by atoms with Gasteiger partial charge in [-0.1, -0.05) is 27.7 Å². The van der Waals surface area contributed by atoms with Gasteiger partial charge in [0.15, 0.2) is 0 Å². The molecule has 6 heteroatoms. The van der Waals surface area contributed by atoms with Gasteiger partial charge >= 0.3 is 0 Å². The fourth-order valence-corrected chi connectivity index (χ4v) is 3.31. The highest BCUT2D eigenvalue weighted by Crippen LogP contribution is 2.21. The number of aromatic nitrogens is 1. The Bertz CT molecular complexity index is 504. The monoisotopic (exact) mass is 285 g/mol. The SMILES string of the molecule is CC(C)C(CNS(=O)(=O)c1cccnc1N)C(C)C. The molecule has 0 aliphatic heterocycles. The molecule has 19 heavy (non-hydrogen) atoms. The lowest BCUT2D eigenvalue weighted by Crippen LogP contribution is -2.34. The largest absolute Gasteiger partial charge is 0.383 e. The molecule has 0 aliphatic rings.